The Morgan fingerprint density at radius 2 is 1.56 bits per heavy atom. The summed E-state index contributed by atoms with van der Waals surface area (Å²) >= 11 is 1.51. The number of hydrogen-bond donors (Lipinski definition) is 0. The van der Waals surface area contributed by atoms with E-state index in [0.29, 0.717) is 4.91 Å². The normalized spacial score (nSPS) is 19.4. The molecule has 2 aromatic rings. The third-order valence-corrected chi connectivity index (χ3v) is 5.60. The fourth-order valence-electron chi connectivity index (χ4n) is 3.17. The molecule has 2 aliphatic rings. The molecular formula is C21H20N2OS. The molecule has 2 heterocycles. The number of rotatable bonds is 2. The second kappa shape index (κ2) is 7.28. The first kappa shape index (κ1) is 16.2. The average Bonchev–Trinajstić information content (AvgIpc) is 3.04. The Bertz CT molecular complexity index is 819. The Morgan fingerprint density at radius 1 is 0.880 bits per heavy atom. The maximum absolute atomic E-state index is 12.2. The second-order valence-corrected chi connectivity index (χ2v) is 7.36. The zero-order valence-corrected chi connectivity index (χ0v) is 14.8. The number of amides is 1. The van der Waals surface area contributed by atoms with Gasteiger partial charge in [-0.25, -0.2) is 0 Å². The Labute approximate surface area is 152 Å². The van der Waals surface area contributed by atoms with Crippen LogP contribution in [-0.4, -0.2) is 29.1 Å². The minimum absolute atomic E-state index is 0.113. The second-order valence-electron chi connectivity index (χ2n) is 6.35. The van der Waals surface area contributed by atoms with Crippen molar-refractivity contribution < 1.29 is 4.79 Å². The first-order chi connectivity index (χ1) is 12.3. The smallest absolute Gasteiger partial charge is 0.286 e. The quantitative estimate of drug-likeness (QED) is 0.730. The van der Waals surface area contributed by atoms with Gasteiger partial charge in [0.25, 0.3) is 5.91 Å². The van der Waals surface area contributed by atoms with Crippen molar-refractivity contribution in [1.29, 1.82) is 0 Å². The van der Waals surface area contributed by atoms with Crippen LogP contribution in [0.3, 0.4) is 0 Å². The third-order valence-electron chi connectivity index (χ3n) is 4.55. The van der Waals surface area contributed by atoms with Gasteiger partial charge in [0, 0.05) is 13.1 Å². The lowest BCUT2D eigenvalue weighted by atomic mass is 10.0. The van der Waals surface area contributed by atoms with Gasteiger partial charge in [0.15, 0.2) is 5.17 Å². The van der Waals surface area contributed by atoms with E-state index < -0.39 is 0 Å². The van der Waals surface area contributed by atoms with Gasteiger partial charge in [0.1, 0.15) is 0 Å². The van der Waals surface area contributed by atoms with Crippen molar-refractivity contribution in [3.63, 3.8) is 0 Å². The monoisotopic (exact) mass is 348 g/mol. The number of aliphatic imine (C=N–C) groups is 1. The Balaban J connectivity index is 1.49. The van der Waals surface area contributed by atoms with Crippen molar-refractivity contribution in [3.05, 3.63) is 65.1 Å². The lowest BCUT2D eigenvalue weighted by Gasteiger charge is -2.27. The summed E-state index contributed by atoms with van der Waals surface area (Å²) < 4.78 is 0. The summed E-state index contributed by atoms with van der Waals surface area (Å²) in [7, 11) is 0. The first-order valence-electron chi connectivity index (χ1n) is 8.73. The van der Waals surface area contributed by atoms with Crippen LogP contribution in [0.2, 0.25) is 0 Å². The highest BCUT2D eigenvalue weighted by Crippen LogP contribution is 2.31. The summed E-state index contributed by atoms with van der Waals surface area (Å²) in [4.78, 5) is 19.4. The van der Waals surface area contributed by atoms with E-state index in [-0.39, 0.29) is 5.91 Å². The topological polar surface area (TPSA) is 32.7 Å². The Kier molecular flexibility index (Phi) is 4.70. The molecular weight excluding hydrogens is 328 g/mol. The Morgan fingerprint density at radius 3 is 2.28 bits per heavy atom. The van der Waals surface area contributed by atoms with Gasteiger partial charge in [-0.1, -0.05) is 54.6 Å². The largest absolute Gasteiger partial charge is 0.351 e. The standard InChI is InChI=1S/C21H20N2OS/c24-20-19(25-21(22-20)23-13-5-2-6-14-23)15-16-9-11-18(12-10-16)17-7-3-1-4-8-17/h1,3-4,7-12,15H,2,5-6,13-14H2. The van der Waals surface area contributed by atoms with Crippen molar-refractivity contribution >= 4 is 28.9 Å². The molecule has 0 saturated carbocycles. The predicted octanol–water partition coefficient (Wildman–Crippen LogP) is 4.81. The van der Waals surface area contributed by atoms with Crippen molar-refractivity contribution in [2.45, 2.75) is 19.3 Å². The van der Waals surface area contributed by atoms with Crippen LogP contribution in [0.25, 0.3) is 17.2 Å². The number of piperidine rings is 1. The summed E-state index contributed by atoms with van der Waals surface area (Å²) in [5.41, 5.74) is 3.41. The van der Waals surface area contributed by atoms with E-state index in [2.05, 4.69) is 46.3 Å². The fourth-order valence-corrected chi connectivity index (χ4v) is 4.14. The van der Waals surface area contributed by atoms with Gasteiger partial charge >= 0.3 is 0 Å². The van der Waals surface area contributed by atoms with E-state index in [1.807, 2.05) is 24.3 Å². The molecule has 4 heteroatoms. The fraction of sp³-hybridized carbons (Fsp3) is 0.238. The predicted molar refractivity (Wildman–Crippen MR) is 105 cm³/mol. The van der Waals surface area contributed by atoms with Crippen molar-refractivity contribution in [1.82, 2.24) is 4.90 Å². The van der Waals surface area contributed by atoms with Crippen molar-refractivity contribution in [2.75, 3.05) is 13.1 Å². The highest BCUT2D eigenvalue weighted by Gasteiger charge is 2.26. The summed E-state index contributed by atoms with van der Waals surface area (Å²) in [6, 6.07) is 18.6. The number of benzene rings is 2. The molecule has 25 heavy (non-hydrogen) atoms. The van der Waals surface area contributed by atoms with Crippen molar-refractivity contribution in [3.8, 4) is 11.1 Å². The molecule has 1 saturated heterocycles. The number of thioether (sulfide) groups is 1. The zero-order chi connectivity index (χ0) is 17.1. The molecule has 126 valence electrons. The third kappa shape index (κ3) is 3.69. The van der Waals surface area contributed by atoms with Crippen LogP contribution in [0.15, 0.2) is 64.5 Å². The number of carbonyl (C=O) groups excluding carboxylic acids is 1. The molecule has 1 fully saturated rings. The molecule has 0 radical (unpaired) electrons. The number of hydrogen-bond acceptors (Lipinski definition) is 3. The summed E-state index contributed by atoms with van der Waals surface area (Å²) in [6.07, 6.45) is 5.60. The molecule has 0 aromatic heterocycles. The van der Waals surface area contributed by atoms with Crippen LogP contribution in [0.5, 0.6) is 0 Å². The van der Waals surface area contributed by atoms with E-state index in [4.69, 9.17) is 0 Å². The van der Waals surface area contributed by atoms with E-state index in [1.54, 1.807) is 0 Å². The molecule has 1 amide bonds. The lowest BCUT2D eigenvalue weighted by Crippen LogP contribution is -2.33. The maximum Gasteiger partial charge on any atom is 0.286 e. The average molecular weight is 348 g/mol. The summed E-state index contributed by atoms with van der Waals surface area (Å²) in [6.45, 7) is 2.02. The summed E-state index contributed by atoms with van der Waals surface area (Å²) in [5.74, 6) is -0.113. The van der Waals surface area contributed by atoms with Crippen LogP contribution in [-0.2, 0) is 4.79 Å². The van der Waals surface area contributed by atoms with Gasteiger partial charge < -0.3 is 4.90 Å². The molecule has 0 bridgehead atoms. The highest BCUT2D eigenvalue weighted by atomic mass is 32.2. The van der Waals surface area contributed by atoms with Crippen LogP contribution in [0, 0.1) is 0 Å². The van der Waals surface area contributed by atoms with Crippen LogP contribution in [0.1, 0.15) is 24.8 Å². The molecule has 3 nitrogen and oxygen atoms in total. The SMILES string of the molecule is O=C1N=C(N2CCCCC2)SC1=Cc1ccc(-c2ccccc2)cc1. The van der Waals surface area contributed by atoms with Gasteiger partial charge in [0.05, 0.1) is 4.91 Å². The molecule has 2 aromatic carbocycles. The molecule has 0 spiro atoms. The molecule has 0 atom stereocenters. The van der Waals surface area contributed by atoms with Crippen LogP contribution >= 0.6 is 11.8 Å². The summed E-state index contributed by atoms with van der Waals surface area (Å²) in [5, 5.41) is 0.872. The van der Waals surface area contributed by atoms with E-state index >= 15 is 0 Å². The number of carbonyl (C=O) groups is 1. The van der Waals surface area contributed by atoms with Gasteiger partial charge in [-0.2, -0.15) is 4.99 Å². The minimum Gasteiger partial charge on any atom is -0.351 e. The van der Waals surface area contributed by atoms with E-state index in [0.717, 1.165) is 23.8 Å². The molecule has 0 unspecified atom stereocenters. The van der Waals surface area contributed by atoms with Gasteiger partial charge in [-0.15, -0.1) is 0 Å². The maximum atomic E-state index is 12.2. The number of likely N-dealkylation sites (tertiary alicyclic amines) is 1. The molecule has 0 N–H and O–H groups in total. The molecule has 4 rings (SSSR count). The molecule has 0 aliphatic carbocycles. The van der Waals surface area contributed by atoms with Gasteiger partial charge in [-0.05, 0) is 53.8 Å². The number of amidine groups is 1. The van der Waals surface area contributed by atoms with Gasteiger partial charge in [0.2, 0.25) is 0 Å². The zero-order valence-electron chi connectivity index (χ0n) is 14.0. The number of nitrogens with zero attached hydrogens (tertiary/aromatic N) is 2. The van der Waals surface area contributed by atoms with Gasteiger partial charge in [-0.3, -0.25) is 4.79 Å². The minimum atomic E-state index is -0.113. The van der Waals surface area contributed by atoms with Crippen molar-refractivity contribution in [2.24, 2.45) is 4.99 Å². The van der Waals surface area contributed by atoms with Crippen LogP contribution in [0.4, 0.5) is 0 Å². The first-order valence-corrected chi connectivity index (χ1v) is 9.54. The highest BCUT2D eigenvalue weighted by molar-refractivity contribution is 8.18. The van der Waals surface area contributed by atoms with E-state index in [1.165, 1.54) is 42.2 Å². The molecule has 2 aliphatic heterocycles. The lowest BCUT2D eigenvalue weighted by molar-refractivity contribution is -0.113. The Hall–Kier alpha value is -2.33. The van der Waals surface area contributed by atoms with Crippen LogP contribution < -0.4 is 0 Å². The van der Waals surface area contributed by atoms with E-state index in [9.17, 15) is 4.79 Å².